The van der Waals surface area contributed by atoms with Crippen LogP contribution in [0.25, 0.3) is 0 Å². The van der Waals surface area contributed by atoms with Gasteiger partial charge in [-0.05, 0) is 44.9 Å². The molecule has 2 atom stereocenters. The Bertz CT molecular complexity index is 964. The molecule has 3 rings (SSSR count). The van der Waals surface area contributed by atoms with Crippen LogP contribution in [0.1, 0.15) is 45.7 Å². The highest BCUT2D eigenvalue weighted by molar-refractivity contribution is 5.95. The van der Waals surface area contributed by atoms with Crippen LogP contribution in [0.3, 0.4) is 0 Å². The minimum absolute atomic E-state index is 0.00729. The molecule has 4 amide bonds. The number of piperazine rings is 1. The normalized spacial score (nSPS) is 20.8. The molecule has 1 fully saturated rings. The molecule has 0 spiro atoms. The quantitative estimate of drug-likeness (QED) is 0.505. The molecule has 2 aliphatic rings. The SMILES string of the molecule is CCCNC(=O)N1CCN(CC2=C(C(=O)OCC)[C@@H](c3ccc(OC)cc3)NC(=O)N2CC)C[C@H]1C. The van der Waals surface area contributed by atoms with Crippen molar-refractivity contribution in [1.29, 1.82) is 0 Å². The van der Waals surface area contributed by atoms with Gasteiger partial charge in [0.15, 0.2) is 0 Å². The predicted octanol–water partition coefficient (Wildman–Crippen LogP) is 2.72. The smallest absolute Gasteiger partial charge is 0.338 e. The summed E-state index contributed by atoms with van der Waals surface area (Å²) in [4.78, 5) is 44.6. The Morgan fingerprint density at radius 1 is 1.14 bits per heavy atom. The van der Waals surface area contributed by atoms with Crippen LogP contribution in [0.2, 0.25) is 0 Å². The zero-order valence-corrected chi connectivity index (χ0v) is 22.0. The fraction of sp³-hybridized carbons (Fsp3) is 0.577. The Balaban J connectivity index is 1.92. The number of carbonyl (C=O) groups is 3. The molecule has 1 saturated heterocycles. The molecule has 2 N–H and O–H groups in total. The van der Waals surface area contributed by atoms with E-state index in [1.165, 1.54) is 0 Å². The molecular weight excluding hydrogens is 462 g/mol. The van der Waals surface area contributed by atoms with Gasteiger partial charge in [-0.2, -0.15) is 0 Å². The van der Waals surface area contributed by atoms with Crippen molar-refractivity contribution >= 4 is 18.0 Å². The maximum absolute atomic E-state index is 13.3. The van der Waals surface area contributed by atoms with Crippen molar-refractivity contribution in [2.45, 2.75) is 46.2 Å². The number of carbonyl (C=O) groups excluding carboxylic acids is 3. The number of hydrogen-bond acceptors (Lipinski definition) is 6. The Morgan fingerprint density at radius 3 is 2.44 bits per heavy atom. The summed E-state index contributed by atoms with van der Waals surface area (Å²) in [5.41, 5.74) is 1.84. The maximum Gasteiger partial charge on any atom is 0.338 e. The van der Waals surface area contributed by atoms with Gasteiger partial charge in [0.1, 0.15) is 5.75 Å². The van der Waals surface area contributed by atoms with Crippen LogP contribution in [-0.2, 0) is 9.53 Å². The summed E-state index contributed by atoms with van der Waals surface area (Å²) < 4.78 is 10.7. The van der Waals surface area contributed by atoms with Gasteiger partial charge < -0.3 is 25.0 Å². The minimum atomic E-state index is -0.640. The van der Waals surface area contributed by atoms with Gasteiger partial charge in [-0.3, -0.25) is 9.80 Å². The fourth-order valence-corrected chi connectivity index (χ4v) is 4.73. The summed E-state index contributed by atoms with van der Waals surface area (Å²) in [6.45, 7) is 11.2. The Morgan fingerprint density at radius 2 is 1.86 bits per heavy atom. The lowest BCUT2D eigenvalue weighted by atomic mass is 9.94. The summed E-state index contributed by atoms with van der Waals surface area (Å²) in [5.74, 6) is 0.241. The Labute approximate surface area is 213 Å². The van der Waals surface area contributed by atoms with Crippen molar-refractivity contribution in [2.24, 2.45) is 0 Å². The van der Waals surface area contributed by atoms with Crippen LogP contribution in [-0.4, -0.2) is 91.8 Å². The third-order valence-corrected chi connectivity index (χ3v) is 6.57. The Kier molecular flexibility index (Phi) is 9.58. The van der Waals surface area contributed by atoms with Gasteiger partial charge in [0.25, 0.3) is 0 Å². The molecule has 2 heterocycles. The van der Waals surface area contributed by atoms with E-state index in [2.05, 4.69) is 15.5 Å². The number of amides is 4. The summed E-state index contributed by atoms with van der Waals surface area (Å²) in [6.07, 6.45) is 0.884. The highest BCUT2D eigenvalue weighted by Gasteiger charge is 2.39. The average Bonchev–Trinajstić information content (AvgIpc) is 2.87. The summed E-state index contributed by atoms with van der Waals surface area (Å²) in [6, 6.07) is 6.34. The lowest BCUT2D eigenvalue weighted by molar-refractivity contribution is -0.139. The van der Waals surface area contributed by atoms with Crippen LogP contribution in [0, 0.1) is 0 Å². The zero-order chi connectivity index (χ0) is 26.2. The Hall–Kier alpha value is -3.27. The monoisotopic (exact) mass is 501 g/mol. The third kappa shape index (κ3) is 6.10. The predicted molar refractivity (Wildman–Crippen MR) is 137 cm³/mol. The largest absolute Gasteiger partial charge is 0.497 e. The number of hydrogen-bond donors (Lipinski definition) is 2. The van der Waals surface area contributed by atoms with Gasteiger partial charge in [-0.1, -0.05) is 19.1 Å². The second-order valence-corrected chi connectivity index (χ2v) is 8.99. The molecule has 2 aliphatic heterocycles. The molecule has 0 bridgehead atoms. The summed E-state index contributed by atoms with van der Waals surface area (Å²) in [7, 11) is 1.59. The first-order valence-electron chi connectivity index (χ1n) is 12.7. The molecule has 1 aromatic rings. The summed E-state index contributed by atoms with van der Waals surface area (Å²) in [5, 5.41) is 5.93. The number of nitrogens with one attached hydrogen (secondary N) is 2. The molecule has 10 heteroatoms. The molecule has 0 saturated carbocycles. The molecule has 0 radical (unpaired) electrons. The van der Waals surface area contributed by atoms with E-state index in [9.17, 15) is 14.4 Å². The van der Waals surface area contributed by atoms with E-state index < -0.39 is 12.0 Å². The number of ether oxygens (including phenoxy) is 2. The van der Waals surface area contributed by atoms with Crippen LogP contribution < -0.4 is 15.4 Å². The highest BCUT2D eigenvalue weighted by Crippen LogP contribution is 2.33. The second-order valence-electron chi connectivity index (χ2n) is 8.99. The lowest BCUT2D eigenvalue weighted by Gasteiger charge is -2.42. The van der Waals surface area contributed by atoms with E-state index >= 15 is 0 Å². The first-order valence-corrected chi connectivity index (χ1v) is 12.7. The summed E-state index contributed by atoms with van der Waals surface area (Å²) >= 11 is 0. The van der Waals surface area contributed by atoms with E-state index in [1.807, 2.05) is 37.8 Å². The van der Waals surface area contributed by atoms with E-state index in [-0.39, 0.29) is 24.7 Å². The number of esters is 1. The average molecular weight is 502 g/mol. The molecule has 0 aromatic heterocycles. The highest BCUT2D eigenvalue weighted by atomic mass is 16.5. The molecule has 0 unspecified atom stereocenters. The van der Waals surface area contributed by atoms with Crippen LogP contribution in [0.4, 0.5) is 9.59 Å². The number of nitrogens with zero attached hydrogens (tertiary/aromatic N) is 3. The molecule has 0 aliphatic carbocycles. The van der Waals surface area contributed by atoms with Crippen molar-refractivity contribution in [2.75, 3.05) is 53.0 Å². The molecule has 36 heavy (non-hydrogen) atoms. The number of urea groups is 2. The van der Waals surface area contributed by atoms with E-state index in [0.717, 1.165) is 12.0 Å². The third-order valence-electron chi connectivity index (χ3n) is 6.57. The van der Waals surface area contributed by atoms with Gasteiger partial charge in [-0.15, -0.1) is 0 Å². The van der Waals surface area contributed by atoms with Crippen molar-refractivity contribution in [3.05, 3.63) is 41.1 Å². The lowest BCUT2D eigenvalue weighted by Crippen LogP contribution is -2.58. The van der Waals surface area contributed by atoms with Crippen molar-refractivity contribution in [3.63, 3.8) is 0 Å². The number of likely N-dealkylation sites (N-methyl/N-ethyl adjacent to an activating group) is 1. The number of methoxy groups -OCH3 is 1. The van der Waals surface area contributed by atoms with Crippen LogP contribution in [0.15, 0.2) is 35.5 Å². The molecule has 1 aromatic carbocycles. The molecule has 198 valence electrons. The standard InChI is InChI=1S/C26H39N5O5/c1-6-13-27-25(33)31-15-14-29(16-18(31)4)17-21-22(24(32)36-8-3)23(28-26(34)30(21)7-2)19-9-11-20(35-5)12-10-19/h9-12,18,23H,6-8,13-17H2,1-5H3,(H,27,33)(H,28,34)/t18-,23-/m1/s1. The van der Waals surface area contributed by atoms with Gasteiger partial charge in [0.05, 0.1) is 25.3 Å². The van der Waals surface area contributed by atoms with Crippen LogP contribution >= 0.6 is 0 Å². The molecule has 10 nitrogen and oxygen atoms in total. The van der Waals surface area contributed by atoms with Crippen molar-refractivity contribution in [1.82, 2.24) is 25.3 Å². The first kappa shape index (κ1) is 27.3. The van der Waals surface area contributed by atoms with Gasteiger partial charge in [0, 0.05) is 51.0 Å². The van der Waals surface area contributed by atoms with E-state index in [0.29, 0.717) is 56.3 Å². The van der Waals surface area contributed by atoms with Crippen molar-refractivity contribution < 1.29 is 23.9 Å². The van der Waals surface area contributed by atoms with E-state index in [4.69, 9.17) is 9.47 Å². The number of rotatable bonds is 9. The first-order chi connectivity index (χ1) is 17.3. The van der Waals surface area contributed by atoms with E-state index in [1.54, 1.807) is 31.1 Å². The fourth-order valence-electron chi connectivity index (χ4n) is 4.73. The molecular formula is C26H39N5O5. The zero-order valence-electron chi connectivity index (χ0n) is 22.0. The minimum Gasteiger partial charge on any atom is -0.497 e. The van der Waals surface area contributed by atoms with Crippen molar-refractivity contribution in [3.8, 4) is 5.75 Å². The maximum atomic E-state index is 13.3. The second kappa shape index (κ2) is 12.6. The van der Waals surface area contributed by atoms with Crippen LogP contribution in [0.5, 0.6) is 5.75 Å². The number of benzene rings is 1. The van der Waals surface area contributed by atoms with Gasteiger partial charge >= 0.3 is 18.0 Å². The van der Waals surface area contributed by atoms with Gasteiger partial charge in [-0.25, -0.2) is 14.4 Å². The van der Waals surface area contributed by atoms with Gasteiger partial charge in [0.2, 0.25) is 0 Å². The topological polar surface area (TPSA) is 103 Å².